The van der Waals surface area contributed by atoms with E-state index >= 15 is 0 Å². The second-order valence-corrected chi connectivity index (χ2v) is 5.20. The van der Waals surface area contributed by atoms with E-state index in [4.69, 9.17) is 14.2 Å². The van der Waals surface area contributed by atoms with Crippen molar-refractivity contribution in [1.82, 2.24) is 15.4 Å². The average Bonchev–Trinajstić information content (AvgIpc) is 3.04. The van der Waals surface area contributed by atoms with Gasteiger partial charge in [-0.3, -0.25) is 0 Å². The van der Waals surface area contributed by atoms with Gasteiger partial charge in [-0.2, -0.15) is 10.3 Å². The van der Waals surface area contributed by atoms with Crippen LogP contribution in [0.2, 0.25) is 0 Å². The van der Waals surface area contributed by atoms with E-state index in [2.05, 4.69) is 15.4 Å². The zero-order chi connectivity index (χ0) is 17.5. The van der Waals surface area contributed by atoms with Crippen molar-refractivity contribution in [2.75, 3.05) is 20.3 Å². The Morgan fingerprint density at radius 1 is 1.25 bits per heavy atom. The molecule has 0 radical (unpaired) electrons. The minimum atomic E-state index is -0.524. The highest BCUT2D eigenvalue weighted by molar-refractivity contribution is 5.94. The number of rotatable bonds is 7. The number of aromatic nitrogens is 3. The Morgan fingerprint density at radius 3 is 2.71 bits per heavy atom. The third-order valence-corrected chi connectivity index (χ3v) is 3.18. The number of methoxy groups -OCH3 is 1. The number of ether oxygens (including phenoxy) is 3. The second kappa shape index (κ2) is 8.14. The van der Waals surface area contributed by atoms with E-state index in [1.165, 1.54) is 5.57 Å². The summed E-state index contributed by atoms with van der Waals surface area (Å²) in [5, 5.41) is 10.4. The third kappa shape index (κ3) is 4.13. The molecule has 2 rings (SSSR count). The highest BCUT2D eigenvalue weighted by Crippen LogP contribution is 2.32. The van der Waals surface area contributed by atoms with Gasteiger partial charge in [-0.25, -0.2) is 4.79 Å². The fourth-order valence-corrected chi connectivity index (χ4v) is 2.01. The quantitative estimate of drug-likeness (QED) is 0.620. The molecule has 0 aliphatic rings. The Bertz CT molecular complexity index is 733. The maximum absolute atomic E-state index is 11.9. The van der Waals surface area contributed by atoms with Crippen molar-refractivity contribution in [2.24, 2.45) is 0 Å². The molecule has 0 aliphatic carbocycles. The van der Waals surface area contributed by atoms with Gasteiger partial charge in [0.05, 0.1) is 13.7 Å². The van der Waals surface area contributed by atoms with Gasteiger partial charge in [0.1, 0.15) is 12.3 Å². The number of carbonyl (C=O) groups is 1. The molecule has 128 valence electrons. The maximum Gasteiger partial charge on any atom is 0.361 e. The molecular weight excluding hydrogens is 310 g/mol. The normalized spacial score (nSPS) is 10.2. The first kappa shape index (κ1) is 17.5. The van der Waals surface area contributed by atoms with Crippen LogP contribution in [-0.2, 0) is 4.74 Å². The van der Waals surface area contributed by atoms with Gasteiger partial charge in [0.2, 0.25) is 0 Å². The van der Waals surface area contributed by atoms with E-state index in [1.54, 1.807) is 32.2 Å². The molecule has 1 N–H and O–H groups in total. The van der Waals surface area contributed by atoms with Crippen molar-refractivity contribution in [3.8, 4) is 22.8 Å². The Morgan fingerprint density at radius 2 is 2.04 bits per heavy atom. The van der Waals surface area contributed by atoms with Gasteiger partial charge in [0.15, 0.2) is 17.2 Å². The van der Waals surface area contributed by atoms with Crippen LogP contribution in [0.1, 0.15) is 31.3 Å². The lowest BCUT2D eigenvalue weighted by molar-refractivity contribution is 0.0520. The van der Waals surface area contributed by atoms with Crippen LogP contribution >= 0.6 is 0 Å². The number of benzene rings is 1. The lowest BCUT2D eigenvalue weighted by Gasteiger charge is -2.11. The summed E-state index contributed by atoms with van der Waals surface area (Å²) in [6.07, 6.45) is 1.98. The molecule has 0 aliphatic heterocycles. The van der Waals surface area contributed by atoms with E-state index in [0.717, 1.165) is 0 Å². The van der Waals surface area contributed by atoms with Crippen LogP contribution < -0.4 is 9.47 Å². The number of allylic oxidation sites excluding steroid dienone is 1. The molecule has 1 aromatic heterocycles. The largest absolute Gasteiger partial charge is 0.493 e. The van der Waals surface area contributed by atoms with E-state index in [0.29, 0.717) is 29.4 Å². The molecule has 0 saturated heterocycles. The van der Waals surface area contributed by atoms with Gasteiger partial charge in [-0.1, -0.05) is 5.57 Å². The van der Waals surface area contributed by atoms with Crippen LogP contribution in [0.3, 0.4) is 0 Å². The van der Waals surface area contributed by atoms with Crippen LogP contribution in [0.4, 0.5) is 0 Å². The third-order valence-electron chi connectivity index (χ3n) is 3.18. The Balaban J connectivity index is 2.28. The van der Waals surface area contributed by atoms with Crippen molar-refractivity contribution >= 4 is 5.97 Å². The van der Waals surface area contributed by atoms with Crippen molar-refractivity contribution in [2.45, 2.75) is 20.8 Å². The molecule has 0 amide bonds. The van der Waals surface area contributed by atoms with Crippen molar-refractivity contribution in [3.63, 3.8) is 0 Å². The molecule has 0 unspecified atom stereocenters. The van der Waals surface area contributed by atoms with E-state index in [1.807, 2.05) is 19.9 Å². The molecule has 0 spiro atoms. The fraction of sp³-hybridized carbons (Fsp3) is 0.353. The molecule has 24 heavy (non-hydrogen) atoms. The lowest BCUT2D eigenvalue weighted by Crippen LogP contribution is -2.07. The predicted molar refractivity (Wildman–Crippen MR) is 89.3 cm³/mol. The predicted octanol–water partition coefficient (Wildman–Crippen LogP) is 3.00. The molecule has 0 atom stereocenters. The first-order chi connectivity index (χ1) is 11.6. The standard InChI is InChI=1S/C17H21N3O4/c1-5-23-17(21)16-15(18-20-19-16)12-6-7-13(14(10-12)22-4)24-9-8-11(2)3/h6-8,10H,5,9H2,1-4H3,(H,18,19,20). The van der Waals surface area contributed by atoms with E-state index in [-0.39, 0.29) is 12.3 Å². The van der Waals surface area contributed by atoms with Gasteiger partial charge in [0.25, 0.3) is 0 Å². The fourth-order valence-electron chi connectivity index (χ4n) is 2.01. The minimum absolute atomic E-state index is 0.136. The number of H-pyrrole nitrogens is 1. The first-order valence-corrected chi connectivity index (χ1v) is 7.59. The molecule has 1 aromatic carbocycles. The number of esters is 1. The van der Waals surface area contributed by atoms with Crippen LogP contribution in [0.5, 0.6) is 11.5 Å². The number of carbonyl (C=O) groups excluding carboxylic acids is 1. The topological polar surface area (TPSA) is 86.3 Å². The zero-order valence-electron chi connectivity index (χ0n) is 14.3. The first-order valence-electron chi connectivity index (χ1n) is 7.59. The van der Waals surface area contributed by atoms with E-state index < -0.39 is 5.97 Å². The van der Waals surface area contributed by atoms with Crippen molar-refractivity contribution in [3.05, 3.63) is 35.5 Å². The second-order valence-electron chi connectivity index (χ2n) is 5.20. The van der Waals surface area contributed by atoms with Crippen molar-refractivity contribution in [1.29, 1.82) is 0 Å². The Labute approximate surface area is 140 Å². The SMILES string of the molecule is CCOC(=O)c1n[nH]nc1-c1ccc(OCC=C(C)C)c(OC)c1. The zero-order valence-corrected chi connectivity index (χ0v) is 14.3. The minimum Gasteiger partial charge on any atom is -0.493 e. The lowest BCUT2D eigenvalue weighted by atomic mass is 10.1. The summed E-state index contributed by atoms with van der Waals surface area (Å²) >= 11 is 0. The molecule has 7 heteroatoms. The highest BCUT2D eigenvalue weighted by Gasteiger charge is 2.20. The molecular formula is C17H21N3O4. The molecule has 0 bridgehead atoms. The molecule has 7 nitrogen and oxygen atoms in total. The summed E-state index contributed by atoms with van der Waals surface area (Å²) in [5.41, 5.74) is 2.39. The molecule has 2 aromatic rings. The summed E-state index contributed by atoms with van der Waals surface area (Å²) in [6, 6.07) is 5.32. The summed E-state index contributed by atoms with van der Waals surface area (Å²) in [7, 11) is 1.56. The number of nitrogens with one attached hydrogen (secondary N) is 1. The summed E-state index contributed by atoms with van der Waals surface area (Å²) in [4.78, 5) is 11.9. The molecule has 0 saturated carbocycles. The monoisotopic (exact) mass is 331 g/mol. The number of nitrogens with zero attached hydrogens (tertiary/aromatic N) is 2. The van der Waals surface area contributed by atoms with E-state index in [9.17, 15) is 4.79 Å². The smallest absolute Gasteiger partial charge is 0.361 e. The number of hydrogen-bond acceptors (Lipinski definition) is 6. The highest BCUT2D eigenvalue weighted by atomic mass is 16.5. The van der Waals surface area contributed by atoms with Crippen LogP contribution in [0, 0.1) is 0 Å². The van der Waals surface area contributed by atoms with Crippen LogP contribution in [0.25, 0.3) is 11.3 Å². The van der Waals surface area contributed by atoms with Gasteiger partial charge in [0, 0.05) is 5.56 Å². The van der Waals surface area contributed by atoms with Crippen LogP contribution in [-0.4, -0.2) is 41.7 Å². The summed E-state index contributed by atoms with van der Waals surface area (Å²) < 4.78 is 16.0. The Kier molecular flexibility index (Phi) is 5.95. The number of aromatic amines is 1. The molecule has 1 heterocycles. The summed E-state index contributed by atoms with van der Waals surface area (Å²) in [5.74, 6) is 0.636. The summed E-state index contributed by atoms with van der Waals surface area (Å²) in [6.45, 7) is 6.47. The number of hydrogen-bond donors (Lipinski definition) is 1. The average molecular weight is 331 g/mol. The van der Waals surface area contributed by atoms with Gasteiger partial charge >= 0.3 is 5.97 Å². The van der Waals surface area contributed by atoms with Crippen LogP contribution in [0.15, 0.2) is 29.8 Å². The Hall–Kier alpha value is -2.83. The maximum atomic E-state index is 11.9. The van der Waals surface area contributed by atoms with Crippen molar-refractivity contribution < 1.29 is 19.0 Å². The van der Waals surface area contributed by atoms with Gasteiger partial charge in [-0.05, 0) is 45.0 Å². The molecule has 0 fully saturated rings. The van der Waals surface area contributed by atoms with Gasteiger partial charge in [-0.15, -0.1) is 5.10 Å². The van der Waals surface area contributed by atoms with Gasteiger partial charge < -0.3 is 14.2 Å².